The maximum atomic E-state index is 10.3. The number of rotatable bonds is 5. The lowest BCUT2D eigenvalue weighted by atomic mass is 9.91. The van der Waals surface area contributed by atoms with Gasteiger partial charge in [-0.05, 0) is 43.2 Å². The minimum Gasteiger partial charge on any atom is -0.456 e. The van der Waals surface area contributed by atoms with Gasteiger partial charge >= 0.3 is 0 Å². The average Bonchev–Trinajstić information content (AvgIpc) is 2.48. The Labute approximate surface area is 129 Å². The first kappa shape index (κ1) is 15.4. The third-order valence-electron chi connectivity index (χ3n) is 3.26. The SMILES string of the molecule is CC(O)(CCC#N)c1ccc(Oc2ccccc2Cl)cc1. The lowest BCUT2D eigenvalue weighted by Crippen LogP contribution is -2.20. The Balaban J connectivity index is 2.13. The van der Waals surface area contributed by atoms with E-state index < -0.39 is 5.60 Å². The fraction of sp³-hybridized carbons (Fsp3) is 0.235. The number of nitriles is 1. The zero-order chi connectivity index (χ0) is 15.3. The van der Waals surface area contributed by atoms with Gasteiger partial charge < -0.3 is 9.84 Å². The Morgan fingerprint density at radius 2 is 1.86 bits per heavy atom. The molecule has 0 spiro atoms. The zero-order valence-corrected chi connectivity index (χ0v) is 12.5. The normalized spacial score (nSPS) is 13.2. The van der Waals surface area contributed by atoms with Gasteiger partial charge in [-0.25, -0.2) is 0 Å². The van der Waals surface area contributed by atoms with Gasteiger partial charge in [-0.15, -0.1) is 0 Å². The highest BCUT2D eigenvalue weighted by molar-refractivity contribution is 6.32. The summed E-state index contributed by atoms with van der Waals surface area (Å²) in [5, 5.41) is 19.5. The summed E-state index contributed by atoms with van der Waals surface area (Å²) in [6.45, 7) is 1.70. The standard InChI is InChI=1S/C17H16ClNO2/c1-17(20,11-4-12-19)13-7-9-14(10-8-13)21-16-6-3-2-5-15(16)18/h2-3,5-10,20H,4,11H2,1H3. The summed E-state index contributed by atoms with van der Waals surface area (Å²) in [5.74, 6) is 1.23. The molecule has 0 aromatic heterocycles. The Morgan fingerprint density at radius 3 is 2.48 bits per heavy atom. The topological polar surface area (TPSA) is 53.2 Å². The van der Waals surface area contributed by atoms with Crippen molar-refractivity contribution in [1.29, 1.82) is 5.26 Å². The molecule has 0 saturated carbocycles. The zero-order valence-electron chi connectivity index (χ0n) is 11.7. The van der Waals surface area contributed by atoms with Gasteiger partial charge in [0.2, 0.25) is 0 Å². The number of ether oxygens (including phenoxy) is 1. The van der Waals surface area contributed by atoms with Crippen molar-refractivity contribution in [3.63, 3.8) is 0 Å². The number of hydrogen-bond donors (Lipinski definition) is 1. The number of benzene rings is 2. The number of nitrogens with zero attached hydrogens (tertiary/aromatic N) is 1. The predicted octanol–water partition coefficient (Wildman–Crippen LogP) is 4.64. The molecule has 0 aliphatic carbocycles. The van der Waals surface area contributed by atoms with Gasteiger partial charge in [0.1, 0.15) is 11.5 Å². The van der Waals surface area contributed by atoms with Crippen LogP contribution in [-0.4, -0.2) is 5.11 Å². The lowest BCUT2D eigenvalue weighted by Gasteiger charge is -2.22. The second-order valence-electron chi connectivity index (χ2n) is 4.99. The summed E-state index contributed by atoms with van der Waals surface area (Å²) < 4.78 is 5.69. The predicted molar refractivity (Wildman–Crippen MR) is 82.4 cm³/mol. The summed E-state index contributed by atoms with van der Waals surface area (Å²) in [4.78, 5) is 0. The molecule has 0 aliphatic heterocycles. The van der Waals surface area contributed by atoms with E-state index in [0.717, 1.165) is 5.56 Å². The summed E-state index contributed by atoms with van der Waals surface area (Å²) in [6.07, 6.45) is 0.707. The van der Waals surface area contributed by atoms with Crippen molar-refractivity contribution in [3.05, 3.63) is 59.1 Å². The highest BCUT2D eigenvalue weighted by Crippen LogP contribution is 2.31. The van der Waals surface area contributed by atoms with E-state index in [1.54, 1.807) is 43.3 Å². The molecule has 2 aromatic carbocycles. The van der Waals surface area contributed by atoms with Crippen LogP contribution in [-0.2, 0) is 5.60 Å². The first-order valence-electron chi connectivity index (χ1n) is 6.65. The monoisotopic (exact) mass is 301 g/mol. The van der Waals surface area contributed by atoms with Gasteiger partial charge in [0.25, 0.3) is 0 Å². The van der Waals surface area contributed by atoms with Crippen LogP contribution in [0, 0.1) is 11.3 Å². The van der Waals surface area contributed by atoms with Gasteiger partial charge in [-0.3, -0.25) is 0 Å². The largest absolute Gasteiger partial charge is 0.456 e. The van der Waals surface area contributed by atoms with E-state index in [1.165, 1.54) is 0 Å². The summed E-state index contributed by atoms with van der Waals surface area (Å²) in [7, 11) is 0. The third-order valence-corrected chi connectivity index (χ3v) is 3.58. The molecule has 0 aliphatic rings. The van der Waals surface area contributed by atoms with Crippen LogP contribution in [0.2, 0.25) is 5.02 Å². The highest BCUT2D eigenvalue weighted by Gasteiger charge is 2.22. The van der Waals surface area contributed by atoms with Crippen LogP contribution in [0.5, 0.6) is 11.5 Å². The molecule has 0 heterocycles. The van der Waals surface area contributed by atoms with Crippen molar-refractivity contribution in [2.75, 3.05) is 0 Å². The van der Waals surface area contributed by atoms with Gasteiger partial charge in [0.15, 0.2) is 0 Å². The van der Waals surface area contributed by atoms with E-state index in [1.807, 2.05) is 18.2 Å². The van der Waals surface area contributed by atoms with Crippen molar-refractivity contribution >= 4 is 11.6 Å². The molecule has 0 amide bonds. The minimum atomic E-state index is -1.02. The van der Waals surface area contributed by atoms with Crippen molar-refractivity contribution in [2.45, 2.75) is 25.4 Å². The molecular formula is C17H16ClNO2. The fourth-order valence-corrected chi connectivity index (χ4v) is 2.15. The smallest absolute Gasteiger partial charge is 0.146 e. The van der Waals surface area contributed by atoms with E-state index in [9.17, 15) is 5.11 Å². The van der Waals surface area contributed by atoms with Crippen LogP contribution in [0.25, 0.3) is 0 Å². The maximum absolute atomic E-state index is 10.3. The summed E-state index contributed by atoms with van der Waals surface area (Å²) in [5.41, 5.74) is -0.261. The highest BCUT2D eigenvalue weighted by atomic mass is 35.5. The first-order chi connectivity index (χ1) is 10.0. The molecule has 21 heavy (non-hydrogen) atoms. The summed E-state index contributed by atoms with van der Waals surface area (Å²) >= 11 is 6.04. The number of para-hydroxylation sites is 1. The van der Waals surface area contributed by atoms with Crippen LogP contribution in [0.3, 0.4) is 0 Å². The molecule has 0 bridgehead atoms. The second-order valence-corrected chi connectivity index (χ2v) is 5.40. The number of halogens is 1. The Bertz CT molecular complexity index is 645. The van der Waals surface area contributed by atoms with Crippen molar-refractivity contribution < 1.29 is 9.84 Å². The van der Waals surface area contributed by atoms with Gasteiger partial charge in [0.05, 0.1) is 16.7 Å². The average molecular weight is 302 g/mol. The molecule has 0 fully saturated rings. The molecule has 1 unspecified atom stereocenters. The van der Waals surface area contributed by atoms with E-state index in [4.69, 9.17) is 21.6 Å². The molecule has 2 rings (SSSR count). The molecule has 108 valence electrons. The number of hydrogen-bond acceptors (Lipinski definition) is 3. The maximum Gasteiger partial charge on any atom is 0.146 e. The fourth-order valence-electron chi connectivity index (χ4n) is 1.98. The second kappa shape index (κ2) is 6.62. The molecule has 4 heteroatoms. The van der Waals surface area contributed by atoms with E-state index >= 15 is 0 Å². The molecule has 1 atom stereocenters. The van der Waals surface area contributed by atoms with Crippen LogP contribution >= 0.6 is 11.6 Å². The van der Waals surface area contributed by atoms with E-state index in [0.29, 0.717) is 29.4 Å². The Morgan fingerprint density at radius 1 is 1.19 bits per heavy atom. The van der Waals surface area contributed by atoms with E-state index in [-0.39, 0.29) is 0 Å². The molecule has 1 N–H and O–H groups in total. The molecule has 2 aromatic rings. The quantitative estimate of drug-likeness (QED) is 0.875. The van der Waals surface area contributed by atoms with E-state index in [2.05, 4.69) is 0 Å². The van der Waals surface area contributed by atoms with Crippen LogP contribution in [0.4, 0.5) is 0 Å². The molecule has 3 nitrogen and oxygen atoms in total. The first-order valence-corrected chi connectivity index (χ1v) is 7.03. The Hall–Kier alpha value is -2.02. The molecule has 0 radical (unpaired) electrons. The van der Waals surface area contributed by atoms with Crippen LogP contribution in [0.15, 0.2) is 48.5 Å². The van der Waals surface area contributed by atoms with Crippen molar-refractivity contribution in [1.82, 2.24) is 0 Å². The Kier molecular flexibility index (Phi) is 4.85. The van der Waals surface area contributed by atoms with Gasteiger partial charge in [-0.1, -0.05) is 35.9 Å². The van der Waals surface area contributed by atoms with Crippen molar-refractivity contribution in [3.8, 4) is 17.6 Å². The minimum absolute atomic E-state index is 0.310. The summed E-state index contributed by atoms with van der Waals surface area (Å²) in [6, 6.07) is 16.4. The van der Waals surface area contributed by atoms with Gasteiger partial charge in [-0.2, -0.15) is 5.26 Å². The van der Waals surface area contributed by atoms with Crippen LogP contribution < -0.4 is 4.74 Å². The molecular weight excluding hydrogens is 286 g/mol. The van der Waals surface area contributed by atoms with Gasteiger partial charge in [0, 0.05) is 6.42 Å². The molecule has 0 saturated heterocycles. The number of aliphatic hydroxyl groups is 1. The van der Waals surface area contributed by atoms with Crippen LogP contribution in [0.1, 0.15) is 25.3 Å². The third kappa shape index (κ3) is 3.98. The lowest BCUT2D eigenvalue weighted by molar-refractivity contribution is 0.0492. The van der Waals surface area contributed by atoms with Crippen molar-refractivity contribution in [2.24, 2.45) is 0 Å².